The Hall–Kier alpha value is -2.68. The molecule has 0 saturated carbocycles. The fraction of sp³-hybridized carbons (Fsp3) is 0.455. The molecule has 30 heavy (non-hydrogen) atoms. The largest absolute Gasteiger partial charge is 0.507 e. The molecule has 0 saturated heterocycles. The Balaban J connectivity index is 2.44. The van der Waals surface area contributed by atoms with E-state index in [1.807, 2.05) is 0 Å². The number of hydrogen-bond acceptors (Lipinski definition) is 8. The molecule has 0 bridgehead atoms. The number of carbonyl (C=O) groups excluding carboxylic acids is 2. The number of likely N-dealkylation sites (N-methyl/N-ethyl adjacent to an activating group) is 1. The zero-order valence-electron chi connectivity index (χ0n) is 17.4. The molecule has 0 fully saturated rings. The molecule has 1 heterocycles. The fourth-order valence-corrected chi connectivity index (χ4v) is 2.82. The number of aliphatic hydroxyl groups is 2. The Kier molecular flexibility index (Phi) is 8.58. The number of carbonyl (C=O) groups is 2. The number of ketones is 1. The lowest BCUT2D eigenvalue weighted by molar-refractivity contribution is -0.127. The van der Waals surface area contributed by atoms with E-state index < -0.39 is 30.1 Å². The molecule has 164 valence electrons. The van der Waals surface area contributed by atoms with Crippen LogP contribution in [0.2, 0.25) is 0 Å². The first-order valence-electron chi connectivity index (χ1n) is 9.84. The second-order valence-corrected chi connectivity index (χ2v) is 7.24. The van der Waals surface area contributed by atoms with Crippen molar-refractivity contribution in [3.8, 4) is 11.5 Å². The van der Waals surface area contributed by atoms with E-state index >= 15 is 0 Å². The van der Waals surface area contributed by atoms with Crippen molar-refractivity contribution in [2.75, 3.05) is 20.2 Å². The Bertz CT molecular complexity index is 818. The first-order valence-corrected chi connectivity index (χ1v) is 9.84. The maximum absolute atomic E-state index is 12.8. The minimum absolute atomic E-state index is 0.0292. The van der Waals surface area contributed by atoms with Crippen LogP contribution in [0.1, 0.15) is 36.2 Å². The number of esters is 1. The van der Waals surface area contributed by atoms with Gasteiger partial charge in [-0.05, 0) is 38.1 Å². The summed E-state index contributed by atoms with van der Waals surface area (Å²) in [5.41, 5.74) is 0.304. The number of fused-ring (bicyclic) bond motifs is 1. The van der Waals surface area contributed by atoms with Gasteiger partial charge in [0.2, 0.25) is 0 Å². The van der Waals surface area contributed by atoms with Gasteiger partial charge in [0.25, 0.3) is 0 Å². The molecule has 8 nitrogen and oxygen atoms in total. The Labute approximate surface area is 175 Å². The number of cyclic esters (lactones) is 1. The predicted molar refractivity (Wildman–Crippen MR) is 111 cm³/mol. The molecule has 1 aliphatic rings. The molecule has 4 N–H and O–H groups in total. The van der Waals surface area contributed by atoms with Gasteiger partial charge in [-0.3, -0.25) is 4.79 Å². The Morgan fingerprint density at radius 3 is 2.63 bits per heavy atom. The number of benzene rings is 1. The van der Waals surface area contributed by atoms with E-state index in [0.29, 0.717) is 24.5 Å². The van der Waals surface area contributed by atoms with Crippen LogP contribution in [0.5, 0.6) is 11.5 Å². The van der Waals surface area contributed by atoms with E-state index in [1.165, 1.54) is 30.4 Å². The highest BCUT2D eigenvalue weighted by atomic mass is 16.5. The van der Waals surface area contributed by atoms with Gasteiger partial charge in [0, 0.05) is 18.5 Å². The van der Waals surface area contributed by atoms with Gasteiger partial charge < -0.3 is 30.1 Å². The number of rotatable bonds is 4. The van der Waals surface area contributed by atoms with Crippen molar-refractivity contribution in [1.29, 1.82) is 0 Å². The number of aliphatic hydroxyl groups excluding tert-OH is 2. The summed E-state index contributed by atoms with van der Waals surface area (Å²) in [6, 6.07) is 2.92. The van der Waals surface area contributed by atoms with E-state index in [9.17, 15) is 24.9 Å². The van der Waals surface area contributed by atoms with Gasteiger partial charge in [0.05, 0.1) is 6.10 Å². The topological polar surface area (TPSA) is 125 Å². The molecule has 0 spiro atoms. The lowest BCUT2D eigenvalue weighted by Gasteiger charge is -2.20. The van der Waals surface area contributed by atoms with Gasteiger partial charge in [0.1, 0.15) is 35.9 Å². The molecule has 0 unspecified atom stereocenters. The van der Waals surface area contributed by atoms with E-state index in [2.05, 4.69) is 5.32 Å². The van der Waals surface area contributed by atoms with E-state index in [-0.39, 0.29) is 23.7 Å². The maximum Gasteiger partial charge on any atom is 0.342 e. The van der Waals surface area contributed by atoms with Crippen LogP contribution in [-0.2, 0) is 9.53 Å². The van der Waals surface area contributed by atoms with Crippen molar-refractivity contribution in [3.63, 3.8) is 0 Å². The van der Waals surface area contributed by atoms with Crippen molar-refractivity contribution in [3.05, 3.63) is 41.5 Å². The lowest BCUT2D eigenvalue weighted by Crippen LogP contribution is -2.32. The van der Waals surface area contributed by atoms with Crippen molar-refractivity contribution in [2.45, 2.75) is 38.6 Å². The summed E-state index contributed by atoms with van der Waals surface area (Å²) < 4.78 is 11.1. The average Bonchev–Trinajstić information content (AvgIpc) is 2.70. The summed E-state index contributed by atoms with van der Waals surface area (Å²) in [7, 11) is 1.78. The van der Waals surface area contributed by atoms with E-state index in [1.54, 1.807) is 27.0 Å². The third kappa shape index (κ3) is 6.16. The summed E-state index contributed by atoms with van der Waals surface area (Å²) in [4.78, 5) is 24.8. The highest BCUT2D eigenvalue weighted by Gasteiger charge is 2.25. The van der Waals surface area contributed by atoms with Crippen LogP contribution in [-0.4, -0.2) is 65.6 Å². The minimum Gasteiger partial charge on any atom is -0.507 e. The van der Waals surface area contributed by atoms with E-state index in [0.717, 1.165) is 0 Å². The van der Waals surface area contributed by atoms with Crippen LogP contribution >= 0.6 is 0 Å². The number of aromatic hydroxyl groups is 1. The Morgan fingerprint density at radius 1 is 1.20 bits per heavy atom. The molecule has 2 rings (SSSR count). The molecule has 1 aromatic rings. The Morgan fingerprint density at radius 2 is 1.93 bits per heavy atom. The first kappa shape index (κ1) is 23.6. The maximum atomic E-state index is 12.8. The van der Waals surface area contributed by atoms with Gasteiger partial charge in [-0.15, -0.1) is 0 Å². The van der Waals surface area contributed by atoms with Gasteiger partial charge in [-0.2, -0.15) is 0 Å². The third-order valence-electron chi connectivity index (χ3n) is 4.87. The second kappa shape index (κ2) is 10.9. The molecule has 1 aliphatic heterocycles. The number of phenolic OH excluding ortho intramolecular Hbond substituents is 1. The molecular formula is C22H29NO7. The lowest BCUT2D eigenvalue weighted by atomic mass is 9.99. The number of nitrogens with one attached hydrogen (secondary N) is 1. The van der Waals surface area contributed by atoms with Crippen LogP contribution < -0.4 is 10.1 Å². The van der Waals surface area contributed by atoms with Crippen LogP contribution in [0.4, 0.5) is 0 Å². The molecule has 0 amide bonds. The highest BCUT2D eigenvalue weighted by molar-refractivity contribution is 5.97. The summed E-state index contributed by atoms with van der Waals surface area (Å²) in [6.45, 7) is 4.36. The average molecular weight is 419 g/mol. The van der Waals surface area contributed by atoms with Crippen LogP contribution in [0, 0.1) is 5.92 Å². The molecule has 0 radical (unpaired) electrons. The van der Waals surface area contributed by atoms with Gasteiger partial charge in [-0.25, -0.2) is 4.79 Å². The summed E-state index contributed by atoms with van der Waals surface area (Å²) >= 11 is 0. The van der Waals surface area contributed by atoms with Crippen molar-refractivity contribution in [2.24, 2.45) is 5.92 Å². The highest BCUT2D eigenvalue weighted by Crippen LogP contribution is 2.31. The number of phenols is 1. The molecule has 4 atom stereocenters. The van der Waals surface area contributed by atoms with Crippen LogP contribution in [0.3, 0.4) is 0 Å². The molecule has 0 aromatic heterocycles. The summed E-state index contributed by atoms with van der Waals surface area (Å²) in [6.07, 6.45) is 2.19. The second-order valence-electron chi connectivity index (χ2n) is 7.24. The van der Waals surface area contributed by atoms with Crippen molar-refractivity contribution < 1.29 is 34.4 Å². The molecular weight excluding hydrogens is 390 g/mol. The first-order chi connectivity index (χ1) is 14.2. The number of hydrogen-bond donors (Lipinski definition) is 4. The van der Waals surface area contributed by atoms with E-state index in [4.69, 9.17) is 9.47 Å². The van der Waals surface area contributed by atoms with Crippen molar-refractivity contribution >= 4 is 17.8 Å². The number of ether oxygens (including phenoxy) is 2. The fourth-order valence-electron chi connectivity index (χ4n) is 2.82. The summed E-state index contributed by atoms with van der Waals surface area (Å²) in [5.74, 6) is -1.61. The summed E-state index contributed by atoms with van der Waals surface area (Å²) in [5, 5.41) is 33.5. The standard InChI is InChI=1S/C22H29NO7/c1-13-7-8-18(25)21(27)17(24)6-4-5-15-11-16(29-10-9-23-3)12-19(26)20(15)22(28)30-14(13)2/h4-5,7-8,11-14,17,21,23-24,26-27H,6,9-10H2,1-3H3/b5-4+,8-7-/t13-,14+,17+,21+/m1/s1. The van der Waals surface area contributed by atoms with Gasteiger partial charge in [-0.1, -0.05) is 25.2 Å². The van der Waals surface area contributed by atoms with Crippen LogP contribution in [0.15, 0.2) is 30.4 Å². The van der Waals surface area contributed by atoms with Crippen molar-refractivity contribution in [1.82, 2.24) is 5.32 Å². The molecule has 0 aliphatic carbocycles. The zero-order valence-corrected chi connectivity index (χ0v) is 17.4. The smallest absolute Gasteiger partial charge is 0.342 e. The molecule has 8 heteroatoms. The van der Waals surface area contributed by atoms with Gasteiger partial charge >= 0.3 is 5.97 Å². The SMILES string of the molecule is CNCCOc1cc(O)c2c(c1)/C=C/C[C@H](O)[C@H](O)C(=O)/C=C\[C@@H](C)[C@H](C)OC2=O. The van der Waals surface area contributed by atoms with Gasteiger partial charge in [0.15, 0.2) is 5.78 Å². The predicted octanol–water partition coefficient (Wildman–Crippen LogP) is 1.44. The zero-order chi connectivity index (χ0) is 22.3. The normalized spacial score (nSPS) is 27.5. The molecule has 1 aromatic carbocycles. The monoisotopic (exact) mass is 419 g/mol. The minimum atomic E-state index is -1.57. The van der Waals surface area contributed by atoms with Crippen LogP contribution in [0.25, 0.3) is 6.08 Å². The third-order valence-corrected chi connectivity index (χ3v) is 4.87. The quantitative estimate of drug-likeness (QED) is 0.427.